The minimum absolute atomic E-state index is 0.0174. The van der Waals surface area contributed by atoms with Gasteiger partial charge in [-0.25, -0.2) is 17.6 Å². The zero-order valence-electron chi connectivity index (χ0n) is 12.5. The van der Waals surface area contributed by atoms with Crippen LogP contribution in [0, 0.1) is 17.7 Å². The molecule has 126 valence electrons. The molecule has 1 aromatic rings. The van der Waals surface area contributed by atoms with E-state index in [1.807, 2.05) is 0 Å². The fourth-order valence-electron chi connectivity index (χ4n) is 2.60. The average Bonchev–Trinajstić information content (AvgIpc) is 2.89. The molecule has 0 spiro atoms. The molecule has 0 aliphatic carbocycles. The minimum Gasteiger partial charge on any atom is -0.481 e. The molecule has 23 heavy (non-hydrogen) atoms. The van der Waals surface area contributed by atoms with Crippen molar-refractivity contribution in [2.45, 2.75) is 11.8 Å². The summed E-state index contributed by atoms with van der Waals surface area (Å²) in [6.45, 7) is 1.38. The molecule has 0 saturated carbocycles. The standard InChI is InChI=1S/C14H16FNO6S/c1-8-6-16(7-9(8)13(17)18)23(20,21)11-5-3-4-10(15)12(11)14(19)22-2/h3-5,8-9H,6-7H2,1-2H3,(H,17,18)/t8-,9-/m1/s1. The zero-order valence-corrected chi connectivity index (χ0v) is 13.3. The van der Waals surface area contributed by atoms with Gasteiger partial charge in [-0.15, -0.1) is 0 Å². The van der Waals surface area contributed by atoms with E-state index in [9.17, 15) is 22.4 Å². The van der Waals surface area contributed by atoms with Crippen molar-refractivity contribution < 1.29 is 32.2 Å². The first-order valence-corrected chi connectivity index (χ1v) is 8.24. The van der Waals surface area contributed by atoms with E-state index in [0.29, 0.717) is 0 Å². The Balaban J connectivity index is 2.48. The van der Waals surface area contributed by atoms with E-state index in [-0.39, 0.29) is 13.1 Å². The van der Waals surface area contributed by atoms with Crippen molar-refractivity contribution >= 4 is 22.0 Å². The number of benzene rings is 1. The van der Waals surface area contributed by atoms with Gasteiger partial charge in [-0.05, 0) is 18.1 Å². The third kappa shape index (κ3) is 3.06. The molecular formula is C14H16FNO6S. The van der Waals surface area contributed by atoms with Gasteiger partial charge < -0.3 is 9.84 Å². The van der Waals surface area contributed by atoms with E-state index in [4.69, 9.17) is 5.11 Å². The number of carbonyl (C=O) groups excluding carboxylic acids is 1. The Hall–Kier alpha value is -2.00. The lowest BCUT2D eigenvalue weighted by Gasteiger charge is -2.18. The van der Waals surface area contributed by atoms with Crippen molar-refractivity contribution in [1.29, 1.82) is 0 Å². The van der Waals surface area contributed by atoms with E-state index < -0.39 is 50.1 Å². The van der Waals surface area contributed by atoms with Gasteiger partial charge in [-0.3, -0.25) is 4.79 Å². The number of hydrogen-bond donors (Lipinski definition) is 1. The molecule has 1 saturated heterocycles. The summed E-state index contributed by atoms with van der Waals surface area (Å²) in [6.07, 6.45) is 0. The van der Waals surface area contributed by atoms with Gasteiger partial charge in [0.05, 0.1) is 17.9 Å². The van der Waals surface area contributed by atoms with Crippen molar-refractivity contribution in [1.82, 2.24) is 4.31 Å². The van der Waals surface area contributed by atoms with Crippen molar-refractivity contribution in [2.75, 3.05) is 20.2 Å². The van der Waals surface area contributed by atoms with Crippen LogP contribution < -0.4 is 0 Å². The first-order valence-electron chi connectivity index (χ1n) is 6.80. The van der Waals surface area contributed by atoms with Crippen LogP contribution in [0.25, 0.3) is 0 Å². The largest absolute Gasteiger partial charge is 0.481 e. The number of carboxylic acid groups (broad SMARTS) is 1. The molecule has 1 aromatic carbocycles. The molecule has 0 bridgehead atoms. The normalized spacial score (nSPS) is 22.0. The van der Waals surface area contributed by atoms with Crippen LogP contribution in [0.4, 0.5) is 4.39 Å². The molecule has 1 N–H and O–H groups in total. The SMILES string of the molecule is COC(=O)c1c(F)cccc1S(=O)(=O)N1C[C@@H](C)[C@H](C(=O)O)C1. The van der Waals surface area contributed by atoms with Gasteiger partial charge in [0.1, 0.15) is 11.4 Å². The molecule has 0 aromatic heterocycles. The average molecular weight is 345 g/mol. The molecule has 1 aliphatic rings. The number of aliphatic carboxylic acids is 1. The highest BCUT2D eigenvalue weighted by molar-refractivity contribution is 7.89. The molecule has 2 rings (SSSR count). The lowest BCUT2D eigenvalue weighted by Crippen LogP contribution is -2.31. The lowest BCUT2D eigenvalue weighted by molar-refractivity contribution is -0.142. The molecule has 0 radical (unpaired) electrons. The topological polar surface area (TPSA) is 101 Å². The van der Waals surface area contributed by atoms with Gasteiger partial charge in [-0.2, -0.15) is 4.31 Å². The Morgan fingerprint density at radius 2 is 2.00 bits per heavy atom. The van der Waals surface area contributed by atoms with Crippen LogP contribution in [0.2, 0.25) is 0 Å². The van der Waals surface area contributed by atoms with Crippen molar-refractivity contribution in [3.8, 4) is 0 Å². The number of hydrogen-bond acceptors (Lipinski definition) is 5. The number of carboxylic acids is 1. The summed E-state index contributed by atoms with van der Waals surface area (Å²) in [6, 6.07) is 3.23. The third-order valence-corrected chi connectivity index (χ3v) is 5.75. The van der Waals surface area contributed by atoms with E-state index in [1.54, 1.807) is 6.92 Å². The van der Waals surface area contributed by atoms with E-state index in [2.05, 4.69) is 4.74 Å². The van der Waals surface area contributed by atoms with Crippen LogP contribution in [0.5, 0.6) is 0 Å². The predicted molar refractivity (Wildman–Crippen MR) is 76.8 cm³/mol. The Morgan fingerprint density at radius 3 is 2.52 bits per heavy atom. The molecule has 0 amide bonds. The number of carbonyl (C=O) groups is 2. The van der Waals surface area contributed by atoms with Gasteiger partial charge in [-0.1, -0.05) is 13.0 Å². The van der Waals surface area contributed by atoms with E-state index >= 15 is 0 Å². The first-order chi connectivity index (χ1) is 10.7. The van der Waals surface area contributed by atoms with Gasteiger partial charge >= 0.3 is 11.9 Å². The fourth-order valence-corrected chi connectivity index (χ4v) is 4.35. The summed E-state index contributed by atoms with van der Waals surface area (Å²) in [4.78, 5) is 22.3. The van der Waals surface area contributed by atoms with Gasteiger partial charge in [0.2, 0.25) is 10.0 Å². The fraction of sp³-hybridized carbons (Fsp3) is 0.429. The molecule has 9 heteroatoms. The number of rotatable bonds is 4. The quantitative estimate of drug-likeness (QED) is 0.816. The van der Waals surface area contributed by atoms with Crippen LogP contribution in [-0.2, 0) is 19.6 Å². The maximum atomic E-state index is 13.9. The number of methoxy groups -OCH3 is 1. The highest BCUT2D eigenvalue weighted by atomic mass is 32.2. The van der Waals surface area contributed by atoms with Gasteiger partial charge in [0.15, 0.2) is 0 Å². The number of halogens is 1. The molecular weight excluding hydrogens is 329 g/mol. The van der Waals surface area contributed by atoms with Crippen molar-refractivity contribution in [2.24, 2.45) is 11.8 Å². The summed E-state index contributed by atoms with van der Waals surface area (Å²) in [7, 11) is -3.20. The number of nitrogens with zero attached hydrogens (tertiary/aromatic N) is 1. The van der Waals surface area contributed by atoms with Crippen LogP contribution in [-0.4, -0.2) is 50.0 Å². The summed E-state index contributed by atoms with van der Waals surface area (Å²) in [5.74, 6) is -4.45. The van der Waals surface area contributed by atoms with Crippen molar-refractivity contribution in [3.05, 3.63) is 29.6 Å². The van der Waals surface area contributed by atoms with Gasteiger partial charge in [0.25, 0.3) is 0 Å². The van der Waals surface area contributed by atoms with Crippen LogP contribution in [0.3, 0.4) is 0 Å². The molecule has 1 heterocycles. The molecule has 2 atom stereocenters. The monoisotopic (exact) mass is 345 g/mol. The number of esters is 1. The zero-order chi connectivity index (χ0) is 17.4. The maximum absolute atomic E-state index is 13.9. The van der Waals surface area contributed by atoms with Crippen LogP contribution in [0.1, 0.15) is 17.3 Å². The summed E-state index contributed by atoms with van der Waals surface area (Å²) >= 11 is 0. The van der Waals surface area contributed by atoms with Crippen LogP contribution in [0.15, 0.2) is 23.1 Å². The van der Waals surface area contributed by atoms with Crippen LogP contribution >= 0.6 is 0 Å². The lowest BCUT2D eigenvalue weighted by atomic mass is 9.99. The second-order valence-electron chi connectivity index (χ2n) is 5.35. The Morgan fingerprint density at radius 1 is 1.35 bits per heavy atom. The Kier molecular flexibility index (Phi) is 4.71. The Bertz CT molecular complexity index is 748. The molecule has 1 aliphatic heterocycles. The predicted octanol–water partition coefficient (Wildman–Crippen LogP) is 0.954. The summed E-state index contributed by atoms with van der Waals surface area (Å²) in [5.41, 5.74) is -0.679. The van der Waals surface area contributed by atoms with E-state index in [1.165, 1.54) is 6.07 Å². The minimum atomic E-state index is -4.22. The first kappa shape index (κ1) is 17.4. The Labute approximate surface area is 132 Å². The van der Waals surface area contributed by atoms with Gasteiger partial charge in [0, 0.05) is 13.1 Å². The summed E-state index contributed by atoms with van der Waals surface area (Å²) in [5, 5.41) is 9.11. The maximum Gasteiger partial charge on any atom is 0.342 e. The second-order valence-corrected chi connectivity index (χ2v) is 7.25. The molecule has 0 unspecified atom stereocenters. The smallest absolute Gasteiger partial charge is 0.342 e. The van der Waals surface area contributed by atoms with Crippen molar-refractivity contribution in [3.63, 3.8) is 0 Å². The second kappa shape index (κ2) is 6.25. The number of ether oxygens (including phenoxy) is 1. The highest BCUT2D eigenvalue weighted by Crippen LogP contribution is 2.31. The third-order valence-electron chi connectivity index (χ3n) is 3.88. The molecule has 1 fully saturated rings. The molecule has 7 nitrogen and oxygen atoms in total. The van der Waals surface area contributed by atoms with E-state index in [0.717, 1.165) is 23.5 Å². The summed E-state index contributed by atoms with van der Waals surface area (Å²) < 4.78 is 44.7. The number of sulfonamides is 1. The highest BCUT2D eigenvalue weighted by Gasteiger charge is 2.42.